The summed E-state index contributed by atoms with van der Waals surface area (Å²) in [6.45, 7) is 7.78. The van der Waals surface area contributed by atoms with Crippen molar-refractivity contribution in [1.29, 1.82) is 0 Å². The Hall–Kier alpha value is -2.31. The van der Waals surface area contributed by atoms with Gasteiger partial charge in [0.15, 0.2) is 5.96 Å². The van der Waals surface area contributed by atoms with E-state index in [4.69, 9.17) is 4.74 Å². The predicted molar refractivity (Wildman–Crippen MR) is 108 cm³/mol. The van der Waals surface area contributed by atoms with E-state index in [9.17, 15) is 9.18 Å². The lowest BCUT2D eigenvalue weighted by atomic mass is 9.96. The summed E-state index contributed by atoms with van der Waals surface area (Å²) in [5, 5.41) is 6.39. The molecule has 2 N–H and O–H groups in total. The van der Waals surface area contributed by atoms with E-state index in [-0.39, 0.29) is 23.4 Å². The topological polar surface area (TPSA) is 66.0 Å². The van der Waals surface area contributed by atoms with Crippen LogP contribution in [-0.2, 0) is 10.2 Å². The molecule has 1 aliphatic carbocycles. The maximum Gasteiger partial charge on any atom is 0.407 e. The normalized spacial score (nSPS) is 21.4. The fraction of sp³-hybridized carbons (Fsp3) is 0.619. The molecule has 1 saturated heterocycles. The summed E-state index contributed by atoms with van der Waals surface area (Å²) in [5.41, 5.74) is 0.530. The van der Waals surface area contributed by atoms with Crippen molar-refractivity contribution in [3.05, 3.63) is 35.6 Å². The van der Waals surface area contributed by atoms with Crippen molar-refractivity contribution in [3.63, 3.8) is 0 Å². The van der Waals surface area contributed by atoms with Gasteiger partial charge in [-0.1, -0.05) is 12.1 Å². The maximum absolute atomic E-state index is 13.6. The van der Waals surface area contributed by atoms with Crippen LogP contribution in [0.25, 0.3) is 0 Å². The molecule has 154 valence electrons. The van der Waals surface area contributed by atoms with Gasteiger partial charge in [-0.15, -0.1) is 0 Å². The molecular formula is C21H31FN4O2. The van der Waals surface area contributed by atoms with Crippen molar-refractivity contribution in [1.82, 2.24) is 15.5 Å². The first kappa shape index (κ1) is 20.4. The highest BCUT2D eigenvalue weighted by atomic mass is 19.1. The van der Waals surface area contributed by atoms with Crippen LogP contribution in [0.4, 0.5) is 9.18 Å². The fourth-order valence-electron chi connectivity index (χ4n) is 3.66. The van der Waals surface area contributed by atoms with Gasteiger partial charge in [0.05, 0.1) is 6.04 Å². The third-order valence-electron chi connectivity index (χ3n) is 5.30. The molecule has 7 heteroatoms. The molecule has 28 heavy (non-hydrogen) atoms. The number of carbonyl (C=O) groups is 1. The molecule has 0 radical (unpaired) electrons. The average Bonchev–Trinajstić information content (AvgIpc) is 3.26. The quantitative estimate of drug-likeness (QED) is 0.613. The molecule has 1 aliphatic heterocycles. The SMILES string of the molecule is CN=C(NCC1(c2cccc(F)c2)CC1)N1CCC(NC(=O)OC(C)(C)C)C1. The lowest BCUT2D eigenvalue weighted by Crippen LogP contribution is -2.45. The molecule has 1 heterocycles. The van der Waals surface area contributed by atoms with E-state index in [1.807, 2.05) is 26.8 Å². The second kappa shape index (κ2) is 7.97. The summed E-state index contributed by atoms with van der Waals surface area (Å²) < 4.78 is 18.9. The number of benzene rings is 1. The Labute approximate surface area is 166 Å². The van der Waals surface area contributed by atoms with Gasteiger partial charge in [-0.3, -0.25) is 4.99 Å². The molecule has 2 aliphatic rings. The summed E-state index contributed by atoms with van der Waals surface area (Å²) in [4.78, 5) is 18.5. The number of nitrogens with zero attached hydrogens (tertiary/aromatic N) is 2. The zero-order valence-electron chi connectivity index (χ0n) is 17.2. The van der Waals surface area contributed by atoms with E-state index in [2.05, 4.69) is 20.5 Å². The van der Waals surface area contributed by atoms with E-state index in [0.29, 0.717) is 6.54 Å². The third kappa shape index (κ3) is 5.14. The van der Waals surface area contributed by atoms with Crippen LogP contribution in [0.3, 0.4) is 0 Å². The molecule has 1 unspecified atom stereocenters. The number of amides is 1. The standard InChI is InChI=1S/C21H31FN4O2/c1-20(2,3)28-19(27)25-17-8-11-26(13-17)18(23-4)24-14-21(9-10-21)15-6-5-7-16(22)12-15/h5-7,12,17H,8-11,13-14H2,1-4H3,(H,23,24)(H,25,27). The van der Waals surface area contributed by atoms with Crippen LogP contribution >= 0.6 is 0 Å². The number of hydrogen-bond donors (Lipinski definition) is 2. The summed E-state index contributed by atoms with van der Waals surface area (Å²) in [6, 6.07) is 6.91. The maximum atomic E-state index is 13.6. The second-order valence-corrected chi connectivity index (χ2v) is 8.77. The number of carbonyl (C=O) groups excluding carboxylic acids is 1. The summed E-state index contributed by atoms with van der Waals surface area (Å²) >= 11 is 0. The molecule has 1 amide bonds. The molecular weight excluding hydrogens is 359 g/mol. The fourth-order valence-corrected chi connectivity index (χ4v) is 3.66. The molecule has 2 fully saturated rings. The third-order valence-corrected chi connectivity index (χ3v) is 5.30. The van der Waals surface area contributed by atoms with Crippen molar-refractivity contribution in [3.8, 4) is 0 Å². The minimum absolute atomic E-state index is 0.00801. The Kier molecular flexibility index (Phi) is 5.82. The van der Waals surface area contributed by atoms with Gasteiger partial charge >= 0.3 is 6.09 Å². The first-order valence-corrected chi connectivity index (χ1v) is 9.92. The monoisotopic (exact) mass is 390 g/mol. The van der Waals surface area contributed by atoms with Crippen LogP contribution in [0.5, 0.6) is 0 Å². The lowest BCUT2D eigenvalue weighted by Gasteiger charge is -2.25. The Balaban J connectivity index is 1.52. The van der Waals surface area contributed by atoms with Crippen molar-refractivity contribution in [2.75, 3.05) is 26.7 Å². The van der Waals surface area contributed by atoms with Crippen LogP contribution < -0.4 is 10.6 Å². The van der Waals surface area contributed by atoms with Gasteiger partial charge in [-0.05, 0) is 57.7 Å². The van der Waals surface area contributed by atoms with Gasteiger partial charge in [-0.2, -0.15) is 0 Å². The Bertz CT molecular complexity index is 740. The first-order chi connectivity index (χ1) is 13.2. The van der Waals surface area contributed by atoms with Crippen molar-refractivity contribution in [2.45, 2.75) is 57.1 Å². The number of rotatable bonds is 4. The minimum Gasteiger partial charge on any atom is -0.444 e. The molecule has 6 nitrogen and oxygen atoms in total. The Morgan fingerprint density at radius 1 is 1.39 bits per heavy atom. The first-order valence-electron chi connectivity index (χ1n) is 9.92. The van der Waals surface area contributed by atoms with Crippen LogP contribution in [-0.4, -0.2) is 55.3 Å². The van der Waals surface area contributed by atoms with E-state index in [0.717, 1.165) is 43.9 Å². The van der Waals surface area contributed by atoms with Gasteiger partial charge < -0.3 is 20.3 Å². The molecule has 3 rings (SSSR count). The number of hydrogen-bond acceptors (Lipinski definition) is 3. The zero-order valence-corrected chi connectivity index (χ0v) is 17.2. The van der Waals surface area contributed by atoms with E-state index >= 15 is 0 Å². The highest BCUT2D eigenvalue weighted by Crippen LogP contribution is 2.47. The van der Waals surface area contributed by atoms with Crippen molar-refractivity contribution >= 4 is 12.1 Å². The Morgan fingerprint density at radius 3 is 2.75 bits per heavy atom. The number of nitrogens with one attached hydrogen (secondary N) is 2. The smallest absolute Gasteiger partial charge is 0.407 e. The van der Waals surface area contributed by atoms with Crippen LogP contribution in [0.1, 0.15) is 45.6 Å². The summed E-state index contributed by atoms with van der Waals surface area (Å²) in [7, 11) is 1.76. The number of alkyl carbamates (subject to hydrolysis) is 1. The molecule has 1 saturated carbocycles. The Morgan fingerprint density at radius 2 is 2.14 bits per heavy atom. The molecule has 1 atom stereocenters. The zero-order chi connectivity index (χ0) is 20.4. The van der Waals surface area contributed by atoms with Gasteiger partial charge in [-0.25, -0.2) is 9.18 Å². The van der Waals surface area contributed by atoms with Crippen LogP contribution in [0.15, 0.2) is 29.3 Å². The molecule has 0 bridgehead atoms. The summed E-state index contributed by atoms with van der Waals surface area (Å²) in [6.07, 6.45) is 2.55. The largest absolute Gasteiger partial charge is 0.444 e. The predicted octanol–water partition coefficient (Wildman–Crippen LogP) is 3.03. The van der Waals surface area contributed by atoms with Crippen LogP contribution in [0.2, 0.25) is 0 Å². The highest BCUT2D eigenvalue weighted by Gasteiger charge is 2.44. The summed E-state index contributed by atoms with van der Waals surface area (Å²) in [5.74, 6) is 0.625. The van der Waals surface area contributed by atoms with Gasteiger partial charge in [0.1, 0.15) is 11.4 Å². The van der Waals surface area contributed by atoms with E-state index < -0.39 is 5.60 Å². The number of likely N-dealkylation sites (tertiary alicyclic amines) is 1. The van der Waals surface area contributed by atoms with Gasteiger partial charge in [0.25, 0.3) is 0 Å². The number of halogens is 1. The van der Waals surface area contributed by atoms with E-state index in [1.165, 1.54) is 6.07 Å². The molecule has 1 aromatic rings. The van der Waals surface area contributed by atoms with E-state index in [1.54, 1.807) is 19.2 Å². The average molecular weight is 391 g/mol. The van der Waals surface area contributed by atoms with Gasteiger partial charge in [0.2, 0.25) is 0 Å². The van der Waals surface area contributed by atoms with Gasteiger partial charge in [0, 0.05) is 32.1 Å². The van der Waals surface area contributed by atoms with Crippen molar-refractivity contribution in [2.24, 2.45) is 4.99 Å². The highest BCUT2D eigenvalue weighted by molar-refractivity contribution is 5.80. The minimum atomic E-state index is -0.505. The lowest BCUT2D eigenvalue weighted by molar-refractivity contribution is 0.0507. The molecule has 0 aromatic heterocycles. The van der Waals surface area contributed by atoms with Crippen molar-refractivity contribution < 1.29 is 13.9 Å². The van der Waals surface area contributed by atoms with Crippen LogP contribution in [0, 0.1) is 5.82 Å². The number of guanidine groups is 1. The number of aliphatic imine (C=N–C) groups is 1. The molecule has 1 aromatic carbocycles. The number of ether oxygens (including phenoxy) is 1. The second-order valence-electron chi connectivity index (χ2n) is 8.77. The molecule has 0 spiro atoms.